The van der Waals surface area contributed by atoms with Gasteiger partial charge >= 0.3 is 0 Å². The fraction of sp³-hybridized carbons (Fsp3) is 0.357. The normalized spacial score (nSPS) is 19.9. The quantitative estimate of drug-likeness (QED) is 0.921. The molecule has 1 amide bonds. The van der Waals surface area contributed by atoms with Crippen LogP contribution in [0.4, 0.5) is 5.13 Å². The average molecular weight is 337 g/mol. The summed E-state index contributed by atoms with van der Waals surface area (Å²) < 4.78 is 27.0. The van der Waals surface area contributed by atoms with Gasteiger partial charge in [0.15, 0.2) is 15.7 Å². The minimum Gasteiger partial charge on any atom is -0.301 e. The molecule has 1 unspecified atom stereocenters. The van der Waals surface area contributed by atoms with Crippen LogP contribution in [0.25, 0.3) is 11.4 Å². The number of nitrogens with zero attached hydrogens (tertiary/aromatic N) is 2. The Kier molecular flexibility index (Phi) is 4.21. The molecule has 0 spiro atoms. The topological polar surface area (TPSA) is 89.0 Å². The van der Waals surface area contributed by atoms with Gasteiger partial charge in [0.1, 0.15) is 0 Å². The molecule has 0 aliphatic carbocycles. The molecule has 1 saturated heterocycles. The van der Waals surface area contributed by atoms with Gasteiger partial charge in [-0.25, -0.2) is 8.42 Å². The van der Waals surface area contributed by atoms with E-state index in [4.69, 9.17) is 0 Å². The van der Waals surface area contributed by atoms with Crippen LogP contribution < -0.4 is 5.32 Å². The highest BCUT2D eigenvalue weighted by molar-refractivity contribution is 7.91. The fourth-order valence-electron chi connectivity index (χ4n) is 2.44. The Morgan fingerprint density at radius 1 is 1.32 bits per heavy atom. The number of carbonyl (C=O) groups is 1. The minimum atomic E-state index is -2.95. The molecule has 1 aromatic heterocycles. The maximum absolute atomic E-state index is 12.0. The van der Waals surface area contributed by atoms with Crippen LogP contribution in [-0.4, -0.2) is 35.2 Å². The lowest BCUT2D eigenvalue weighted by atomic mass is 10.1. The van der Waals surface area contributed by atoms with Crippen molar-refractivity contribution in [3.05, 3.63) is 30.3 Å². The smallest absolute Gasteiger partial charge is 0.226 e. The third kappa shape index (κ3) is 3.69. The van der Waals surface area contributed by atoms with Crippen molar-refractivity contribution < 1.29 is 13.2 Å². The van der Waals surface area contributed by atoms with Gasteiger partial charge in [-0.05, 0) is 12.3 Å². The van der Waals surface area contributed by atoms with Crippen LogP contribution >= 0.6 is 11.5 Å². The van der Waals surface area contributed by atoms with Gasteiger partial charge in [0.05, 0.1) is 11.5 Å². The highest BCUT2D eigenvalue weighted by Gasteiger charge is 2.29. The molecule has 0 radical (unpaired) electrons. The van der Waals surface area contributed by atoms with Crippen LogP contribution in [0.2, 0.25) is 0 Å². The average Bonchev–Trinajstić information content (AvgIpc) is 3.06. The van der Waals surface area contributed by atoms with E-state index in [2.05, 4.69) is 14.7 Å². The zero-order valence-electron chi connectivity index (χ0n) is 11.7. The Balaban J connectivity index is 1.60. The molecule has 1 fully saturated rings. The van der Waals surface area contributed by atoms with Gasteiger partial charge in [-0.1, -0.05) is 30.3 Å². The van der Waals surface area contributed by atoms with E-state index in [1.165, 1.54) is 0 Å². The van der Waals surface area contributed by atoms with Gasteiger partial charge in [-0.15, -0.1) is 0 Å². The molecule has 0 bridgehead atoms. The maximum Gasteiger partial charge on any atom is 0.226 e. The monoisotopic (exact) mass is 337 g/mol. The zero-order valence-corrected chi connectivity index (χ0v) is 13.4. The number of carbonyl (C=O) groups excluding carboxylic acids is 1. The van der Waals surface area contributed by atoms with Crippen molar-refractivity contribution in [3.63, 3.8) is 0 Å². The van der Waals surface area contributed by atoms with Crippen molar-refractivity contribution in [1.29, 1.82) is 0 Å². The van der Waals surface area contributed by atoms with Crippen LogP contribution in [0.15, 0.2) is 30.3 Å². The molecule has 116 valence electrons. The predicted molar refractivity (Wildman–Crippen MR) is 85.4 cm³/mol. The van der Waals surface area contributed by atoms with Gasteiger partial charge in [0, 0.05) is 23.5 Å². The Morgan fingerprint density at radius 2 is 2.09 bits per heavy atom. The van der Waals surface area contributed by atoms with Crippen molar-refractivity contribution in [2.75, 3.05) is 16.8 Å². The molecule has 1 N–H and O–H groups in total. The SMILES string of the molecule is O=C(CC1CCS(=O)(=O)C1)Nc1nc(-c2ccccc2)ns1. The van der Waals surface area contributed by atoms with Gasteiger partial charge in [0.25, 0.3) is 0 Å². The van der Waals surface area contributed by atoms with Gasteiger partial charge in [-0.3, -0.25) is 4.79 Å². The molecule has 22 heavy (non-hydrogen) atoms. The lowest BCUT2D eigenvalue weighted by Gasteiger charge is -2.06. The number of nitrogens with one attached hydrogen (secondary N) is 1. The van der Waals surface area contributed by atoms with Crippen LogP contribution in [-0.2, 0) is 14.6 Å². The third-order valence-electron chi connectivity index (χ3n) is 3.51. The first-order valence-corrected chi connectivity index (χ1v) is 9.51. The number of aromatic nitrogens is 2. The molecule has 2 aromatic rings. The van der Waals surface area contributed by atoms with Crippen molar-refractivity contribution in [1.82, 2.24) is 9.36 Å². The number of anilines is 1. The highest BCUT2D eigenvalue weighted by Crippen LogP contribution is 2.24. The number of rotatable bonds is 4. The standard InChI is InChI=1S/C14H15N3O3S2/c18-12(8-10-6-7-22(19,20)9-10)15-14-16-13(17-21-14)11-4-2-1-3-5-11/h1-5,10H,6-9H2,(H,15,16,17,18). The van der Waals surface area contributed by atoms with E-state index in [-0.39, 0.29) is 29.8 Å². The summed E-state index contributed by atoms with van der Waals surface area (Å²) in [6.07, 6.45) is 0.765. The molecule has 0 saturated carbocycles. The molecule has 8 heteroatoms. The first-order valence-electron chi connectivity index (χ1n) is 6.91. The van der Waals surface area contributed by atoms with Crippen molar-refractivity contribution >= 4 is 32.4 Å². The van der Waals surface area contributed by atoms with E-state index in [1.807, 2.05) is 30.3 Å². The van der Waals surface area contributed by atoms with E-state index in [1.54, 1.807) is 0 Å². The Bertz CT molecular complexity index is 772. The lowest BCUT2D eigenvalue weighted by molar-refractivity contribution is -0.116. The van der Waals surface area contributed by atoms with Crippen LogP contribution in [0, 0.1) is 5.92 Å². The molecule has 1 aliphatic heterocycles. The number of benzene rings is 1. The molecule has 1 atom stereocenters. The summed E-state index contributed by atoms with van der Waals surface area (Å²) in [6, 6.07) is 9.51. The fourth-order valence-corrected chi connectivity index (χ4v) is 4.91. The molecule has 6 nitrogen and oxygen atoms in total. The van der Waals surface area contributed by atoms with Gasteiger partial charge < -0.3 is 5.32 Å². The second kappa shape index (κ2) is 6.13. The first kappa shape index (κ1) is 15.1. The second-order valence-electron chi connectivity index (χ2n) is 5.31. The van der Waals surface area contributed by atoms with Crippen molar-refractivity contribution in [3.8, 4) is 11.4 Å². The highest BCUT2D eigenvalue weighted by atomic mass is 32.2. The molecule has 3 rings (SSSR count). The van der Waals surface area contributed by atoms with Crippen molar-refractivity contribution in [2.24, 2.45) is 5.92 Å². The Labute approximate surface area is 132 Å². The molecule has 1 aromatic carbocycles. The molecule has 1 aliphatic rings. The van der Waals surface area contributed by atoms with E-state index in [0.29, 0.717) is 17.4 Å². The summed E-state index contributed by atoms with van der Waals surface area (Å²) in [5.41, 5.74) is 0.890. The Hall–Kier alpha value is -1.80. The second-order valence-corrected chi connectivity index (χ2v) is 8.29. The maximum atomic E-state index is 12.0. The summed E-state index contributed by atoms with van der Waals surface area (Å²) in [5.74, 6) is 0.557. The summed E-state index contributed by atoms with van der Waals surface area (Å²) in [6.45, 7) is 0. The summed E-state index contributed by atoms with van der Waals surface area (Å²) in [7, 11) is -2.95. The molecule has 2 heterocycles. The number of sulfone groups is 1. The van der Waals surface area contributed by atoms with Crippen LogP contribution in [0.3, 0.4) is 0 Å². The van der Waals surface area contributed by atoms with Crippen LogP contribution in [0.1, 0.15) is 12.8 Å². The minimum absolute atomic E-state index is 0.0912. The predicted octanol–water partition coefficient (Wildman–Crippen LogP) is 1.97. The number of amides is 1. The van der Waals surface area contributed by atoms with E-state index in [9.17, 15) is 13.2 Å². The van der Waals surface area contributed by atoms with Gasteiger partial charge in [-0.2, -0.15) is 9.36 Å². The Morgan fingerprint density at radius 3 is 2.77 bits per heavy atom. The lowest BCUT2D eigenvalue weighted by Crippen LogP contribution is -2.17. The molecular weight excluding hydrogens is 322 g/mol. The van der Waals surface area contributed by atoms with Crippen molar-refractivity contribution in [2.45, 2.75) is 12.8 Å². The molecular formula is C14H15N3O3S2. The summed E-state index contributed by atoms with van der Waals surface area (Å²) in [4.78, 5) is 16.2. The largest absolute Gasteiger partial charge is 0.301 e. The third-order valence-corrected chi connectivity index (χ3v) is 5.97. The van der Waals surface area contributed by atoms with E-state index >= 15 is 0 Å². The van der Waals surface area contributed by atoms with Crippen LogP contribution in [0.5, 0.6) is 0 Å². The summed E-state index contributed by atoms with van der Waals surface area (Å²) >= 11 is 1.12. The first-order chi connectivity index (χ1) is 10.5. The summed E-state index contributed by atoms with van der Waals surface area (Å²) in [5, 5.41) is 3.13. The van der Waals surface area contributed by atoms with E-state index in [0.717, 1.165) is 17.1 Å². The number of hydrogen-bond donors (Lipinski definition) is 1. The van der Waals surface area contributed by atoms with Gasteiger partial charge in [0.2, 0.25) is 11.0 Å². The number of hydrogen-bond acceptors (Lipinski definition) is 6. The van der Waals surface area contributed by atoms with E-state index < -0.39 is 9.84 Å². The zero-order chi connectivity index (χ0) is 15.6.